The monoisotopic (exact) mass is 425 g/mol. The Hall–Kier alpha value is -0.890. The number of hydrogen-bond acceptors (Lipinski definition) is 7. The van der Waals surface area contributed by atoms with E-state index in [1.807, 2.05) is 6.08 Å². The van der Waals surface area contributed by atoms with Crippen molar-refractivity contribution in [2.45, 2.75) is 76.8 Å². The van der Waals surface area contributed by atoms with Crippen molar-refractivity contribution in [3.05, 3.63) is 12.2 Å². The van der Waals surface area contributed by atoms with Gasteiger partial charge in [0.25, 0.3) is 0 Å². The van der Waals surface area contributed by atoms with Crippen LogP contribution in [0.3, 0.4) is 0 Å². The first-order valence-electron chi connectivity index (χ1n) is 11.2. The van der Waals surface area contributed by atoms with E-state index in [9.17, 15) is 9.59 Å². The zero-order chi connectivity index (χ0) is 21.3. The van der Waals surface area contributed by atoms with Crippen LogP contribution in [-0.4, -0.2) is 42.2 Å². The lowest BCUT2D eigenvalue weighted by Crippen LogP contribution is -2.63. The summed E-state index contributed by atoms with van der Waals surface area (Å²) in [6.07, 6.45) is 11.4. The lowest BCUT2D eigenvalue weighted by molar-refractivity contribution is -0.148. The quantitative estimate of drug-likeness (QED) is 0.126. The van der Waals surface area contributed by atoms with Gasteiger partial charge in [0.05, 0.1) is 6.61 Å². The molecule has 29 heavy (non-hydrogen) atoms. The van der Waals surface area contributed by atoms with Crippen molar-refractivity contribution in [3.8, 4) is 0 Å². The molecule has 1 saturated heterocycles. The van der Waals surface area contributed by atoms with Gasteiger partial charge in [0.1, 0.15) is 11.3 Å². The number of ketones is 1. The molecule has 2 fully saturated rings. The third-order valence-corrected chi connectivity index (χ3v) is 7.03. The number of unbranched alkanes of at least 4 members (excludes halogenated alkanes) is 2. The number of esters is 1. The molecule has 1 aliphatic carbocycles. The number of cyclic esters (lactones) is 1. The number of ether oxygens (including phenoxy) is 1. The first-order valence-corrected chi connectivity index (χ1v) is 11.8. The fraction of sp³-hybridized carbons (Fsp3) is 0.818. The molecule has 7 heteroatoms. The molecule has 1 heterocycles. The molecular weight excluding hydrogens is 386 g/mol. The number of rotatable bonds is 12. The fourth-order valence-electron chi connectivity index (χ4n) is 4.79. The summed E-state index contributed by atoms with van der Waals surface area (Å²) in [5.41, 5.74) is 11.6. The summed E-state index contributed by atoms with van der Waals surface area (Å²) in [5.74, 6) is 0.823. The Labute approximate surface area is 181 Å². The standard InChI is InChI=1S/C22H39N3O3S/c1-3-4-5-6-7-11-20(26)18-9-8-10-19(16(18)2)22(12-13-28-21(22)27)25-24-14-17(23)15-29/h6-7,16-19,24-25,29H,3-5,8-15,23H2,1-2H3/t16-,17?,18?,19?,22-/m1/s1. The van der Waals surface area contributed by atoms with Gasteiger partial charge in [0, 0.05) is 37.1 Å². The van der Waals surface area contributed by atoms with Crippen LogP contribution >= 0.6 is 12.6 Å². The topological polar surface area (TPSA) is 93.5 Å². The summed E-state index contributed by atoms with van der Waals surface area (Å²) in [6, 6.07) is -0.0992. The van der Waals surface area contributed by atoms with Gasteiger partial charge in [-0.3, -0.25) is 10.2 Å². The molecule has 1 saturated carbocycles. The van der Waals surface area contributed by atoms with Gasteiger partial charge >= 0.3 is 5.97 Å². The summed E-state index contributed by atoms with van der Waals surface area (Å²) in [5, 5.41) is 0. The molecule has 2 aliphatic rings. The molecule has 2 rings (SSSR count). The minimum atomic E-state index is -0.786. The molecule has 0 aromatic heterocycles. The van der Waals surface area contributed by atoms with Crippen LogP contribution in [0.2, 0.25) is 0 Å². The van der Waals surface area contributed by atoms with Gasteiger partial charge in [-0.25, -0.2) is 10.2 Å². The van der Waals surface area contributed by atoms with Crippen molar-refractivity contribution >= 4 is 24.4 Å². The molecule has 3 unspecified atom stereocenters. The highest BCUT2D eigenvalue weighted by Gasteiger charge is 2.54. The minimum absolute atomic E-state index is 0.00338. The van der Waals surface area contributed by atoms with Gasteiger partial charge in [0.15, 0.2) is 0 Å². The van der Waals surface area contributed by atoms with Crippen molar-refractivity contribution < 1.29 is 14.3 Å². The third kappa shape index (κ3) is 6.29. The zero-order valence-electron chi connectivity index (χ0n) is 18.0. The van der Waals surface area contributed by atoms with E-state index in [0.717, 1.165) is 38.5 Å². The predicted octanol–water partition coefficient (Wildman–Crippen LogP) is 2.78. The Balaban J connectivity index is 2.04. The normalized spacial score (nSPS) is 31.2. The summed E-state index contributed by atoms with van der Waals surface area (Å²) in [7, 11) is 0. The van der Waals surface area contributed by atoms with Gasteiger partial charge in [-0.15, -0.1) is 0 Å². The molecule has 0 bridgehead atoms. The van der Waals surface area contributed by atoms with Crippen LogP contribution in [-0.2, 0) is 14.3 Å². The number of thiol groups is 1. The van der Waals surface area contributed by atoms with E-state index in [2.05, 4.69) is 43.4 Å². The molecule has 0 spiro atoms. The van der Waals surface area contributed by atoms with Gasteiger partial charge < -0.3 is 10.5 Å². The van der Waals surface area contributed by atoms with Gasteiger partial charge in [0.2, 0.25) is 0 Å². The van der Waals surface area contributed by atoms with E-state index in [-0.39, 0.29) is 29.8 Å². The second kappa shape index (κ2) is 12.1. The molecule has 1 aliphatic heterocycles. The molecular formula is C22H39N3O3S. The van der Waals surface area contributed by atoms with E-state index in [1.54, 1.807) is 0 Å². The lowest BCUT2D eigenvalue weighted by atomic mass is 9.63. The van der Waals surface area contributed by atoms with Gasteiger partial charge in [-0.05, 0) is 31.1 Å². The van der Waals surface area contributed by atoms with Gasteiger partial charge in [-0.2, -0.15) is 12.6 Å². The van der Waals surface area contributed by atoms with Crippen molar-refractivity contribution in [1.29, 1.82) is 0 Å². The van der Waals surface area contributed by atoms with E-state index in [0.29, 0.717) is 37.5 Å². The molecule has 0 radical (unpaired) electrons. The number of Topliss-reactive ketones (excluding diaryl/α,β-unsaturated/α-hetero) is 1. The fourth-order valence-corrected chi connectivity index (χ4v) is 4.92. The Morgan fingerprint density at radius 3 is 2.86 bits per heavy atom. The Kier molecular flexibility index (Phi) is 10.2. The smallest absolute Gasteiger partial charge is 0.328 e. The number of nitrogens with two attached hydrogens (primary N) is 1. The Bertz CT molecular complexity index is 572. The number of hydrogen-bond donors (Lipinski definition) is 4. The molecule has 166 valence electrons. The molecule has 5 atom stereocenters. The van der Waals surface area contributed by atoms with E-state index >= 15 is 0 Å². The first kappa shape index (κ1) is 24.4. The first-order chi connectivity index (χ1) is 14.0. The summed E-state index contributed by atoms with van der Waals surface area (Å²) in [4.78, 5) is 25.7. The van der Waals surface area contributed by atoms with Crippen LogP contribution < -0.4 is 16.6 Å². The minimum Gasteiger partial charge on any atom is -0.464 e. The largest absolute Gasteiger partial charge is 0.464 e. The van der Waals surface area contributed by atoms with Crippen LogP contribution in [0.1, 0.15) is 65.2 Å². The molecule has 0 aromatic rings. The summed E-state index contributed by atoms with van der Waals surface area (Å²) in [6.45, 7) is 5.22. The molecule has 0 aromatic carbocycles. The van der Waals surface area contributed by atoms with E-state index < -0.39 is 5.54 Å². The predicted molar refractivity (Wildman–Crippen MR) is 120 cm³/mol. The number of nitrogens with one attached hydrogen (secondary N) is 2. The number of hydrazine groups is 1. The zero-order valence-corrected chi connectivity index (χ0v) is 18.9. The highest BCUT2D eigenvalue weighted by molar-refractivity contribution is 7.80. The maximum atomic E-state index is 12.9. The summed E-state index contributed by atoms with van der Waals surface area (Å²) < 4.78 is 5.37. The number of carbonyl (C=O) groups excluding carboxylic acids is 2. The number of allylic oxidation sites excluding steroid dienone is 2. The van der Waals surface area contributed by atoms with Crippen molar-refractivity contribution in [1.82, 2.24) is 10.9 Å². The molecule has 0 amide bonds. The highest BCUT2D eigenvalue weighted by Crippen LogP contribution is 2.44. The average Bonchev–Trinajstić information content (AvgIpc) is 3.08. The Morgan fingerprint density at radius 2 is 2.21 bits per heavy atom. The second-order valence-corrected chi connectivity index (χ2v) is 8.96. The maximum absolute atomic E-state index is 12.9. The van der Waals surface area contributed by atoms with Crippen molar-refractivity contribution in [3.63, 3.8) is 0 Å². The van der Waals surface area contributed by atoms with Crippen LogP contribution in [0.5, 0.6) is 0 Å². The molecule has 4 N–H and O–H groups in total. The highest BCUT2D eigenvalue weighted by atomic mass is 32.1. The Morgan fingerprint density at radius 1 is 1.41 bits per heavy atom. The number of carbonyl (C=O) groups is 2. The average molecular weight is 426 g/mol. The maximum Gasteiger partial charge on any atom is 0.328 e. The van der Waals surface area contributed by atoms with Crippen LogP contribution in [0.4, 0.5) is 0 Å². The van der Waals surface area contributed by atoms with Crippen LogP contribution in [0.25, 0.3) is 0 Å². The lowest BCUT2D eigenvalue weighted by Gasteiger charge is -2.44. The third-order valence-electron chi connectivity index (χ3n) is 6.56. The second-order valence-electron chi connectivity index (χ2n) is 8.59. The summed E-state index contributed by atoms with van der Waals surface area (Å²) >= 11 is 4.21. The van der Waals surface area contributed by atoms with Crippen molar-refractivity contribution in [2.24, 2.45) is 23.5 Å². The van der Waals surface area contributed by atoms with Crippen molar-refractivity contribution in [2.75, 3.05) is 18.9 Å². The van der Waals surface area contributed by atoms with Crippen LogP contribution in [0.15, 0.2) is 12.2 Å². The van der Waals surface area contributed by atoms with E-state index in [1.165, 1.54) is 0 Å². The van der Waals surface area contributed by atoms with Crippen LogP contribution in [0, 0.1) is 17.8 Å². The van der Waals surface area contributed by atoms with E-state index in [4.69, 9.17) is 10.5 Å². The molecule has 6 nitrogen and oxygen atoms in total. The SMILES string of the molecule is CCCCC=CCC(=O)C1CCCC([C@]2(NNCC(N)CS)CCOC2=O)[C@@H]1C. The van der Waals surface area contributed by atoms with Gasteiger partial charge in [-0.1, -0.05) is 45.3 Å².